The molecule has 2 rings (SSSR count). The van der Waals surface area contributed by atoms with Crippen molar-refractivity contribution in [1.29, 1.82) is 5.26 Å². The molecule has 33 heavy (non-hydrogen) atoms. The summed E-state index contributed by atoms with van der Waals surface area (Å²) in [6.07, 6.45) is -4.67. The van der Waals surface area contributed by atoms with Gasteiger partial charge in [0.2, 0.25) is 0 Å². The normalized spacial score (nSPS) is 13.7. The summed E-state index contributed by atoms with van der Waals surface area (Å²) in [5, 5.41) is 21.5. The minimum atomic E-state index is -5.99. The summed E-state index contributed by atoms with van der Waals surface area (Å²) in [5.74, 6) is -5.87. The lowest BCUT2D eigenvalue weighted by Gasteiger charge is -2.33. The first kappa shape index (κ1) is 26.3. The maximum atomic E-state index is 14.8. The molecule has 0 heterocycles. The topological polar surface area (TPSA) is 96.0 Å². The van der Waals surface area contributed by atoms with Crippen LogP contribution in [0.5, 0.6) is 0 Å². The van der Waals surface area contributed by atoms with Crippen LogP contribution in [-0.4, -0.2) is 29.2 Å². The number of nitro groups is 1. The molecule has 0 radical (unpaired) electrons. The van der Waals surface area contributed by atoms with Gasteiger partial charge in [-0.1, -0.05) is 11.6 Å². The van der Waals surface area contributed by atoms with Crippen LogP contribution in [0.4, 0.5) is 37.7 Å². The second-order valence-corrected chi connectivity index (χ2v) is 7.89. The average Bonchev–Trinajstić information content (AvgIpc) is 2.71. The number of carbonyl (C=O) groups excluding carboxylic acids is 1. The van der Waals surface area contributed by atoms with E-state index in [1.807, 2.05) is 0 Å². The van der Waals surface area contributed by atoms with Gasteiger partial charge in [0, 0.05) is 29.0 Å². The molecule has 2 aromatic rings. The van der Waals surface area contributed by atoms with Gasteiger partial charge >= 0.3 is 6.18 Å². The number of hydrogen-bond acceptors (Lipinski definition) is 5. The van der Waals surface area contributed by atoms with Crippen molar-refractivity contribution in [2.45, 2.75) is 29.6 Å². The number of hydrogen-bond donors (Lipinski definition) is 1. The Kier molecular flexibility index (Phi) is 7.25. The van der Waals surface area contributed by atoms with E-state index in [-0.39, 0.29) is 28.6 Å². The van der Waals surface area contributed by atoms with Crippen LogP contribution in [-0.2, 0) is 5.67 Å². The standard InChI is InChI=1S/C19H12ClF6N3O3S/c1-17(21,22)18(23,19(24,25)26)11-6-12(20)15(14(7-11)33-2)28-16(30)9-3-4-10(8-27)13(5-9)29(31)32/h3-7H,1-2H3,(H,28,30). The number of benzene rings is 2. The van der Waals surface area contributed by atoms with Crippen LogP contribution in [0, 0.1) is 21.4 Å². The minimum Gasteiger partial charge on any atom is -0.320 e. The number of carbonyl (C=O) groups is 1. The zero-order valence-corrected chi connectivity index (χ0v) is 18.1. The van der Waals surface area contributed by atoms with Crippen molar-refractivity contribution in [1.82, 2.24) is 0 Å². The van der Waals surface area contributed by atoms with E-state index in [0.717, 1.165) is 18.2 Å². The quantitative estimate of drug-likeness (QED) is 0.207. The van der Waals surface area contributed by atoms with Crippen LogP contribution in [0.1, 0.15) is 28.4 Å². The monoisotopic (exact) mass is 511 g/mol. The number of amides is 1. The van der Waals surface area contributed by atoms with E-state index in [4.69, 9.17) is 16.9 Å². The number of nitrogens with one attached hydrogen (secondary N) is 1. The van der Waals surface area contributed by atoms with Crippen molar-refractivity contribution in [3.05, 3.63) is 62.2 Å². The lowest BCUT2D eigenvalue weighted by atomic mass is 9.89. The van der Waals surface area contributed by atoms with Crippen molar-refractivity contribution in [2.24, 2.45) is 0 Å². The first-order chi connectivity index (χ1) is 15.1. The molecule has 0 fully saturated rings. The second-order valence-electron chi connectivity index (χ2n) is 6.63. The number of rotatable bonds is 6. The number of nitro benzene ring substituents is 1. The van der Waals surface area contributed by atoms with E-state index in [2.05, 4.69) is 5.32 Å². The third kappa shape index (κ3) is 4.86. The molecule has 176 valence electrons. The van der Waals surface area contributed by atoms with Crippen molar-refractivity contribution >= 4 is 40.6 Å². The first-order valence-corrected chi connectivity index (χ1v) is 10.2. The summed E-state index contributed by atoms with van der Waals surface area (Å²) in [6.45, 7) is -0.222. The van der Waals surface area contributed by atoms with Crippen LogP contribution >= 0.6 is 23.4 Å². The van der Waals surface area contributed by atoms with E-state index >= 15 is 0 Å². The number of thioether (sulfide) groups is 1. The number of nitrogens with zero attached hydrogens (tertiary/aromatic N) is 2. The van der Waals surface area contributed by atoms with Crippen molar-refractivity contribution in [3.8, 4) is 6.07 Å². The van der Waals surface area contributed by atoms with Gasteiger partial charge in [0.25, 0.3) is 23.2 Å². The van der Waals surface area contributed by atoms with Crippen LogP contribution < -0.4 is 5.32 Å². The summed E-state index contributed by atoms with van der Waals surface area (Å²) in [5.41, 5.74) is -8.16. The SMILES string of the molecule is CSc1cc(C(F)(C(C)(F)F)C(F)(F)F)cc(Cl)c1NC(=O)c1ccc(C#N)c([N+](=O)[O-])c1. The summed E-state index contributed by atoms with van der Waals surface area (Å²) in [4.78, 5) is 22.5. The third-order valence-electron chi connectivity index (χ3n) is 4.48. The Hall–Kier alpha value is -2.98. The van der Waals surface area contributed by atoms with E-state index in [1.54, 1.807) is 6.07 Å². The van der Waals surface area contributed by atoms with Crippen LogP contribution in [0.3, 0.4) is 0 Å². The van der Waals surface area contributed by atoms with Crippen LogP contribution in [0.2, 0.25) is 5.02 Å². The molecule has 0 spiro atoms. The van der Waals surface area contributed by atoms with Gasteiger partial charge in [-0.2, -0.15) is 18.4 Å². The van der Waals surface area contributed by atoms with Gasteiger partial charge in [0.15, 0.2) is 0 Å². The molecule has 0 aliphatic carbocycles. The van der Waals surface area contributed by atoms with Gasteiger partial charge in [-0.3, -0.25) is 14.9 Å². The Bertz CT molecular complexity index is 1150. The molecule has 6 nitrogen and oxygen atoms in total. The fourth-order valence-electron chi connectivity index (χ4n) is 2.83. The lowest BCUT2D eigenvalue weighted by Crippen LogP contribution is -2.51. The minimum absolute atomic E-state index is 0.222. The van der Waals surface area contributed by atoms with Gasteiger partial charge in [-0.15, -0.1) is 11.8 Å². The molecular formula is C19H12ClF6N3O3S. The molecule has 1 amide bonds. The lowest BCUT2D eigenvalue weighted by molar-refractivity contribution is -0.385. The highest BCUT2D eigenvalue weighted by atomic mass is 35.5. The van der Waals surface area contributed by atoms with Crippen LogP contribution in [0.15, 0.2) is 35.2 Å². The predicted octanol–water partition coefficient (Wildman–Crippen LogP) is 6.48. The fraction of sp³-hybridized carbons (Fsp3) is 0.263. The summed E-state index contributed by atoms with van der Waals surface area (Å²) < 4.78 is 82.1. The second kappa shape index (κ2) is 9.11. The summed E-state index contributed by atoms with van der Waals surface area (Å²) >= 11 is 6.61. The van der Waals surface area contributed by atoms with Gasteiger partial charge in [-0.05, 0) is 30.5 Å². The zero-order chi connectivity index (χ0) is 25.4. The van der Waals surface area contributed by atoms with E-state index in [9.17, 15) is 41.3 Å². The maximum absolute atomic E-state index is 14.8. The Morgan fingerprint density at radius 3 is 2.24 bits per heavy atom. The molecule has 0 bridgehead atoms. The predicted molar refractivity (Wildman–Crippen MR) is 108 cm³/mol. The first-order valence-electron chi connectivity index (χ1n) is 8.59. The molecule has 1 atom stereocenters. The van der Waals surface area contributed by atoms with Crippen molar-refractivity contribution < 1.29 is 36.1 Å². The fourth-order valence-corrected chi connectivity index (χ4v) is 3.77. The molecule has 1 unspecified atom stereocenters. The Balaban J connectivity index is 2.57. The molecule has 0 saturated carbocycles. The summed E-state index contributed by atoms with van der Waals surface area (Å²) in [7, 11) is 0. The van der Waals surface area contributed by atoms with Gasteiger partial charge < -0.3 is 5.32 Å². The molecule has 1 N–H and O–H groups in total. The van der Waals surface area contributed by atoms with E-state index < -0.39 is 44.9 Å². The molecular weight excluding hydrogens is 500 g/mol. The van der Waals surface area contributed by atoms with Crippen LogP contribution in [0.25, 0.3) is 0 Å². The smallest absolute Gasteiger partial charge is 0.320 e. The molecule has 0 aliphatic heterocycles. The van der Waals surface area contributed by atoms with E-state index in [0.29, 0.717) is 23.9 Å². The molecule has 0 aromatic heterocycles. The van der Waals surface area contributed by atoms with Gasteiger partial charge in [0.05, 0.1) is 15.6 Å². The number of alkyl halides is 6. The molecule has 2 aromatic carbocycles. The summed E-state index contributed by atoms with van der Waals surface area (Å²) in [6, 6.07) is 5.27. The Morgan fingerprint density at radius 1 is 1.18 bits per heavy atom. The highest BCUT2D eigenvalue weighted by Crippen LogP contribution is 2.54. The Morgan fingerprint density at radius 2 is 1.79 bits per heavy atom. The number of nitriles is 1. The number of halogens is 7. The molecule has 14 heteroatoms. The third-order valence-corrected chi connectivity index (χ3v) is 5.54. The highest BCUT2D eigenvalue weighted by Gasteiger charge is 2.70. The molecule has 0 saturated heterocycles. The average molecular weight is 512 g/mol. The number of anilines is 1. The van der Waals surface area contributed by atoms with Gasteiger partial charge in [-0.25, -0.2) is 13.2 Å². The van der Waals surface area contributed by atoms with Gasteiger partial charge in [0.1, 0.15) is 11.6 Å². The van der Waals surface area contributed by atoms with E-state index in [1.165, 1.54) is 6.26 Å². The molecule has 0 aliphatic rings. The van der Waals surface area contributed by atoms with Crippen molar-refractivity contribution in [2.75, 3.05) is 11.6 Å². The maximum Gasteiger partial charge on any atom is 0.432 e. The Labute approximate surface area is 191 Å². The highest BCUT2D eigenvalue weighted by molar-refractivity contribution is 7.98. The largest absolute Gasteiger partial charge is 0.432 e. The van der Waals surface area contributed by atoms with Crippen molar-refractivity contribution in [3.63, 3.8) is 0 Å². The zero-order valence-electron chi connectivity index (χ0n) is 16.6.